The maximum absolute atomic E-state index is 6.90. The predicted molar refractivity (Wildman–Crippen MR) is 249 cm³/mol. The summed E-state index contributed by atoms with van der Waals surface area (Å²) in [6.07, 6.45) is 0. The summed E-state index contributed by atoms with van der Waals surface area (Å²) in [5.41, 5.74) is 19.3. The Bertz CT molecular complexity index is 3400. The van der Waals surface area contributed by atoms with Gasteiger partial charge in [-0.05, 0) is 111 Å². The number of hydrogen-bond donors (Lipinski definition) is 0. The van der Waals surface area contributed by atoms with Gasteiger partial charge in [-0.15, -0.1) is 0 Å². The number of benzene rings is 9. The number of nitrogens with zero attached hydrogens (tertiary/aromatic N) is 1. The third-order valence-electron chi connectivity index (χ3n) is 13.7. The Labute approximate surface area is 354 Å². The Hall–Kier alpha value is -7.62. The van der Waals surface area contributed by atoms with E-state index in [1.54, 1.807) is 0 Å². The predicted octanol–water partition coefficient (Wildman–Crippen LogP) is 15.5. The van der Waals surface area contributed by atoms with E-state index >= 15 is 0 Å². The van der Waals surface area contributed by atoms with Gasteiger partial charge in [0.05, 0.1) is 11.1 Å². The van der Waals surface area contributed by atoms with E-state index in [1.807, 2.05) is 0 Å². The molecule has 0 bridgehead atoms. The van der Waals surface area contributed by atoms with Crippen LogP contribution in [0.3, 0.4) is 0 Å². The van der Waals surface area contributed by atoms with Crippen LogP contribution in [0.2, 0.25) is 0 Å². The molecule has 0 saturated carbocycles. The summed E-state index contributed by atoms with van der Waals surface area (Å²) >= 11 is 0. The van der Waals surface area contributed by atoms with Crippen LogP contribution in [-0.4, -0.2) is 0 Å². The normalized spacial score (nSPS) is 14.5. The summed E-state index contributed by atoms with van der Waals surface area (Å²) in [6, 6.07) is 72.6. The molecule has 1 aliphatic heterocycles. The molecule has 0 unspecified atom stereocenters. The van der Waals surface area contributed by atoms with Gasteiger partial charge in [-0.1, -0.05) is 153 Å². The first-order valence-electron chi connectivity index (χ1n) is 21.2. The van der Waals surface area contributed by atoms with Gasteiger partial charge >= 0.3 is 0 Å². The maximum atomic E-state index is 6.90. The fraction of sp³-hybridized carbons (Fsp3) is 0.0690. The van der Waals surface area contributed by atoms with E-state index in [0.717, 1.165) is 72.8 Å². The Morgan fingerprint density at radius 2 is 1.03 bits per heavy atom. The summed E-state index contributed by atoms with van der Waals surface area (Å²) in [4.78, 5) is 2.41. The minimum absolute atomic E-state index is 0.117. The van der Waals surface area contributed by atoms with Crippen LogP contribution in [0, 0.1) is 0 Å². The van der Waals surface area contributed by atoms with Crippen LogP contribution in [0.25, 0.3) is 55.3 Å². The van der Waals surface area contributed by atoms with Crippen molar-refractivity contribution in [3.05, 3.63) is 234 Å². The third kappa shape index (κ3) is 4.58. The molecule has 288 valence electrons. The van der Waals surface area contributed by atoms with Crippen LogP contribution in [0.4, 0.5) is 17.1 Å². The number of para-hydroxylation sites is 4. The molecule has 0 saturated heterocycles. The summed E-state index contributed by atoms with van der Waals surface area (Å²) in [7, 11) is 0. The second kappa shape index (κ2) is 12.5. The van der Waals surface area contributed by atoms with Crippen LogP contribution in [0.1, 0.15) is 47.2 Å². The van der Waals surface area contributed by atoms with Gasteiger partial charge in [-0.3, -0.25) is 0 Å². The van der Waals surface area contributed by atoms with Crippen molar-refractivity contribution in [2.45, 2.75) is 24.7 Å². The molecule has 1 aromatic heterocycles. The van der Waals surface area contributed by atoms with Crippen molar-refractivity contribution in [1.29, 1.82) is 0 Å². The van der Waals surface area contributed by atoms with E-state index in [4.69, 9.17) is 9.15 Å². The van der Waals surface area contributed by atoms with Gasteiger partial charge in [0.25, 0.3) is 0 Å². The zero-order valence-electron chi connectivity index (χ0n) is 33.8. The van der Waals surface area contributed by atoms with Crippen LogP contribution in [0.15, 0.2) is 205 Å². The fourth-order valence-corrected chi connectivity index (χ4v) is 11.1. The van der Waals surface area contributed by atoms with Crippen molar-refractivity contribution in [2.24, 2.45) is 0 Å². The van der Waals surface area contributed by atoms with E-state index in [1.165, 1.54) is 44.5 Å². The number of rotatable bonds is 4. The molecule has 0 radical (unpaired) electrons. The van der Waals surface area contributed by atoms with Crippen LogP contribution >= 0.6 is 0 Å². The lowest BCUT2D eigenvalue weighted by Crippen LogP contribution is -2.32. The highest BCUT2D eigenvalue weighted by Gasteiger charge is 2.51. The van der Waals surface area contributed by atoms with Crippen molar-refractivity contribution < 1.29 is 9.15 Å². The summed E-state index contributed by atoms with van der Waals surface area (Å²) in [5, 5.41) is 2.25. The van der Waals surface area contributed by atoms with E-state index in [0.29, 0.717) is 0 Å². The number of anilines is 3. The van der Waals surface area contributed by atoms with E-state index < -0.39 is 5.41 Å². The van der Waals surface area contributed by atoms with Gasteiger partial charge < -0.3 is 14.1 Å². The van der Waals surface area contributed by atoms with Gasteiger partial charge in [0, 0.05) is 44.3 Å². The van der Waals surface area contributed by atoms with E-state index in [-0.39, 0.29) is 5.41 Å². The quantitative estimate of drug-likeness (QED) is 0.178. The van der Waals surface area contributed by atoms with Crippen molar-refractivity contribution in [3.63, 3.8) is 0 Å². The first kappa shape index (κ1) is 34.3. The molecule has 3 aliphatic rings. The standard InChI is InChI=1S/C58H39NO2/c1-57(2)44-21-9-6-19-40(44)41-31-29-38(35-49(41)57)59(37-16-4-3-5-17-37)50-25-13-8-18-39(50)36-28-30-43-54(34-36)61-53-33-32-48-55(56(43)53)42-20-7-10-22-45(42)58(48)46-23-11-14-26-51(46)60-52-27-15-12-24-47(52)58/h3-35H,1-2H3. The number of ether oxygens (including phenoxy) is 1. The first-order chi connectivity index (χ1) is 30.0. The second-order valence-electron chi connectivity index (χ2n) is 17.2. The lowest BCUT2D eigenvalue weighted by atomic mass is 9.66. The third-order valence-corrected chi connectivity index (χ3v) is 13.7. The molecule has 0 atom stereocenters. The Morgan fingerprint density at radius 1 is 0.410 bits per heavy atom. The Balaban J connectivity index is 0.998. The van der Waals surface area contributed by atoms with Crippen molar-refractivity contribution >= 4 is 39.0 Å². The van der Waals surface area contributed by atoms with Gasteiger partial charge in [-0.2, -0.15) is 0 Å². The number of furan rings is 1. The highest BCUT2D eigenvalue weighted by molar-refractivity contribution is 6.16. The fourth-order valence-electron chi connectivity index (χ4n) is 11.1. The molecule has 0 amide bonds. The molecule has 3 nitrogen and oxygen atoms in total. The number of hydrogen-bond acceptors (Lipinski definition) is 3. The highest BCUT2D eigenvalue weighted by atomic mass is 16.5. The molecule has 2 aliphatic carbocycles. The second-order valence-corrected chi connectivity index (χ2v) is 17.2. The molecule has 9 aromatic carbocycles. The largest absolute Gasteiger partial charge is 0.457 e. The van der Waals surface area contributed by atoms with Crippen molar-refractivity contribution in [3.8, 4) is 44.9 Å². The molecule has 0 N–H and O–H groups in total. The number of fused-ring (bicyclic) bond motifs is 16. The molecule has 13 rings (SSSR count). The zero-order chi connectivity index (χ0) is 40.5. The summed E-state index contributed by atoms with van der Waals surface area (Å²) < 4.78 is 13.5. The molecule has 10 aromatic rings. The SMILES string of the molecule is CC1(C)c2ccccc2-c2ccc(N(c3ccccc3)c3ccccc3-c3ccc4c(c3)oc3ccc5c(c34)-c3ccccc3C53c4ccccc4Oc4ccccc43)cc21. The van der Waals surface area contributed by atoms with Gasteiger partial charge in [0.1, 0.15) is 22.7 Å². The Kier molecular flexibility index (Phi) is 6.99. The van der Waals surface area contributed by atoms with Gasteiger partial charge in [0.15, 0.2) is 0 Å². The smallest absolute Gasteiger partial charge is 0.136 e. The molecular formula is C58H39NO2. The lowest BCUT2D eigenvalue weighted by molar-refractivity contribution is 0.436. The summed E-state index contributed by atoms with van der Waals surface area (Å²) in [5.74, 6) is 1.78. The summed E-state index contributed by atoms with van der Waals surface area (Å²) in [6.45, 7) is 4.69. The highest BCUT2D eigenvalue weighted by Crippen LogP contribution is 2.63. The maximum Gasteiger partial charge on any atom is 0.136 e. The van der Waals surface area contributed by atoms with Crippen LogP contribution < -0.4 is 9.64 Å². The monoisotopic (exact) mass is 781 g/mol. The molecular weight excluding hydrogens is 743 g/mol. The molecule has 2 heterocycles. The molecule has 3 heteroatoms. The van der Waals surface area contributed by atoms with Crippen molar-refractivity contribution in [2.75, 3.05) is 4.90 Å². The van der Waals surface area contributed by atoms with E-state index in [9.17, 15) is 0 Å². The minimum atomic E-state index is -0.537. The average Bonchev–Trinajstić information content (AvgIpc) is 3.90. The zero-order valence-corrected chi connectivity index (χ0v) is 33.8. The van der Waals surface area contributed by atoms with Crippen LogP contribution in [-0.2, 0) is 10.8 Å². The van der Waals surface area contributed by atoms with E-state index in [2.05, 4.69) is 219 Å². The minimum Gasteiger partial charge on any atom is -0.457 e. The lowest BCUT2D eigenvalue weighted by Gasteiger charge is -2.39. The molecule has 61 heavy (non-hydrogen) atoms. The first-order valence-corrected chi connectivity index (χ1v) is 21.2. The average molecular weight is 782 g/mol. The van der Waals surface area contributed by atoms with Gasteiger partial charge in [-0.25, -0.2) is 0 Å². The van der Waals surface area contributed by atoms with Crippen molar-refractivity contribution in [1.82, 2.24) is 0 Å². The topological polar surface area (TPSA) is 25.6 Å². The van der Waals surface area contributed by atoms with Gasteiger partial charge in [0.2, 0.25) is 0 Å². The van der Waals surface area contributed by atoms with Crippen LogP contribution in [0.5, 0.6) is 11.5 Å². The Morgan fingerprint density at radius 3 is 1.80 bits per heavy atom. The molecule has 1 spiro atoms. The molecule has 0 fully saturated rings.